The molecule has 1 atom stereocenters. The third-order valence-corrected chi connectivity index (χ3v) is 6.23. The van der Waals surface area contributed by atoms with Crippen molar-refractivity contribution in [3.8, 4) is 0 Å². The fourth-order valence-electron chi connectivity index (χ4n) is 3.66. The van der Waals surface area contributed by atoms with E-state index in [9.17, 15) is 17.2 Å². The van der Waals surface area contributed by atoms with Gasteiger partial charge in [-0.2, -0.15) is 0 Å². The molecule has 3 rings (SSSR count). The zero-order valence-electron chi connectivity index (χ0n) is 13.5. The topological polar surface area (TPSA) is 60.2 Å². The lowest BCUT2D eigenvalue weighted by molar-refractivity contribution is 0.330. The lowest BCUT2D eigenvalue weighted by Crippen LogP contribution is -2.23. The van der Waals surface area contributed by atoms with Crippen molar-refractivity contribution in [2.75, 3.05) is 0 Å². The predicted molar refractivity (Wildman–Crippen MR) is 97.5 cm³/mol. The number of thiocarbonyl (C=S) groups is 1. The molecule has 0 saturated heterocycles. The maximum atomic E-state index is 14.0. The smallest absolute Gasteiger partial charge is 0.224 e. The van der Waals surface area contributed by atoms with Crippen LogP contribution in [0.1, 0.15) is 37.7 Å². The molecule has 7 heteroatoms. The van der Waals surface area contributed by atoms with E-state index in [0.717, 1.165) is 29.8 Å². The monoisotopic (exact) mass is 383 g/mol. The minimum absolute atomic E-state index is 0.178. The molecule has 1 aromatic rings. The van der Waals surface area contributed by atoms with Crippen molar-refractivity contribution in [3.05, 3.63) is 47.6 Å². The zero-order valence-corrected chi connectivity index (χ0v) is 15.2. The molecule has 25 heavy (non-hydrogen) atoms. The van der Waals surface area contributed by atoms with E-state index in [1.807, 2.05) is 6.08 Å². The maximum absolute atomic E-state index is 14.0. The van der Waals surface area contributed by atoms with Gasteiger partial charge in [0.05, 0.1) is 0 Å². The molecule has 1 fully saturated rings. The van der Waals surface area contributed by atoms with Crippen molar-refractivity contribution in [1.29, 1.82) is 0 Å². The van der Waals surface area contributed by atoms with Gasteiger partial charge in [-0.15, -0.1) is 0 Å². The first-order valence-corrected chi connectivity index (χ1v) is 10.2. The van der Waals surface area contributed by atoms with Crippen LogP contribution in [0.3, 0.4) is 0 Å². The molecule has 0 aromatic heterocycles. The van der Waals surface area contributed by atoms with E-state index in [1.54, 1.807) is 12.2 Å². The van der Waals surface area contributed by atoms with Crippen molar-refractivity contribution >= 4 is 32.7 Å². The Labute approximate surface area is 151 Å². The number of halogens is 2. The van der Waals surface area contributed by atoms with Gasteiger partial charge in [-0.05, 0) is 48.1 Å². The van der Waals surface area contributed by atoms with Crippen LogP contribution in [0.15, 0.2) is 35.3 Å². The lowest BCUT2D eigenvalue weighted by Gasteiger charge is -2.30. The van der Waals surface area contributed by atoms with Crippen LogP contribution in [0.4, 0.5) is 8.78 Å². The number of sulfonamides is 1. The maximum Gasteiger partial charge on any atom is 0.243 e. The van der Waals surface area contributed by atoms with Crippen LogP contribution in [0, 0.1) is 23.5 Å². The highest BCUT2D eigenvalue weighted by atomic mass is 32.2. The average Bonchev–Trinajstić information content (AvgIpc) is 2.53. The Balaban J connectivity index is 1.89. The number of hydrogen-bond acceptors (Lipinski definition) is 3. The molecule has 0 spiro atoms. The van der Waals surface area contributed by atoms with Gasteiger partial charge in [-0.1, -0.05) is 43.6 Å². The summed E-state index contributed by atoms with van der Waals surface area (Å²) in [5, 5.41) is 4.85. The van der Waals surface area contributed by atoms with E-state index >= 15 is 0 Å². The summed E-state index contributed by atoms with van der Waals surface area (Å²) < 4.78 is 50.6. The molecule has 1 aromatic carbocycles. The van der Waals surface area contributed by atoms with Gasteiger partial charge in [0.1, 0.15) is 11.6 Å². The molecular weight excluding hydrogens is 364 g/mol. The van der Waals surface area contributed by atoms with Crippen LogP contribution in [0.2, 0.25) is 0 Å². The quantitative estimate of drug-likeness (QED) is 0.799. The van der Waals surface area contributed by atoms with Gasteiger partial charge in [0.15, 0.2) is 4.90 Å². The van der Waals surface area contributed by atoms with E-state index in [0.29, 0.717) is 11.5 Å². The minimum atomic E-state index is -4.46. The Hall–Kier alpha value is -1.44. The highest BCUT2D eigenvalue weighted by Crippen LogP contribution is 2.36. The second-order valence-corrected chi connectivity index (χ2v) is 8.57. The predicted octanol–water partition coefficient (Wildman–Crippen LogP) is 4.13. The fraction of sp³-hybridized carbons (Fsp3) is 0.389. The van der Waals surface area contributed by atoms with Gasteiger partial charge in [0.25, 0.3) is 0 Å². The second kappa shape index (κ2) is 7.05. The number of benzene rings is 1. The van der Waals surface area contributed by atoms with Gasteiger partial charge in [0, 0.05) is 10.8 Å². The van der Waals surface area contributed by atoms with Gasteiger partial charge in [0.2, 0.25) is 10.0 Å². The molecule has 2 N–H and O–H groups in total. The van der Waals surface area contributed by atoms with Gasteiger partial charge in [-0.25, -0.2) is 22.3 Å². The largest absolute Gasteiger partial charge is 0.243 e. The summed E-state index contributed by atoms with van der Waals surface area (Å²) in [6.45, 7) is 0. The molecule has 134 valence electrons. The molecule has 3 nitrogen and oxygen atoms in total. The van der Waals surface area contributed by atoms with Crippen LogP contribution in [-0.4, -0.2) is 13.3 Å². The molecule has 1 unspecified atom stereocenters. The van der Waals surface area contributed by atoms with Gasteiger partial charge in [-0.3, -0.25) is 0 Å². The molecular formula is C18H19F2NO2S2. The van der Waals surface area contributed by atoms with Crippen LogP contribution >= 0.6 is 12.2 Å². The van der Waals surface area contributed by atoms with E-state index in [2.05, 4.69) is 0 Å². The molecule has 1 saturated carbocycles. The molecule has 0 heterocycles. The van der Waals surface area contributed by atoms with Crippen molar-refractivity contribution in [3.63, 3.8) is 0 Å². The molecule has 0 aliphatic heterocycles. The highest BCUT2D eigenvalue weighted by molar-refractivity contribution is 7.89. The van der Waals surface area contributed by atoms with Crippen LogP contribution in [-0.2, 0) is 10.0 Å². The summed E-state index contributed by atoms with van der Waals surface area (Å²) in [5.41, 5.74) is 0.805. The summed E-state index contributed by atoms with van der Waals surface area (Å²) >= 11 is 5.50. The highest BCUT2D eigenvalue weighted by Gasteiger charge is 2.27. The Morgan fingerprint density at radius 3 is 2.20 bits per heavy atom. The Kier molecular flexibility index (Phi) is 5.18. The van der Waals surface area contributed by atoms with Gasteiger partial charge >= 0.3 is 0 Å². The van der Waals surface area contributed by atoms with Crippen LogP contribution < -0.4 is 5.14 Å². The van der Waals surface area contributed by atoms with E-state index in [1.165, 1.54) is 19.3 Å². The molecule has 0 radical (unpaired) electrons. The summed E-state index contributed by atoms with van der Waals surface area (Å²) in [6.07, 6.45) is 11.5. The van der Waals surface area contributed by atoms with E-state index < -0.39 is 26.6 Å². The summed E-state index contributed by atoms with van der Waals surface area (Å²) in [7, 11) is -4.46. The molecule has 2 aliphatic carbocycles. The SMILES string of the molecule is NS(=O)(=O)c1c(F)cc(C2=CC(=S)C(C3CCCCC3)C=C2)cc1F. The van der Waals surface area contributed by atoms with Crippen molar-refractivity contribution in [1.82, 2.24) is 0 Å². The Morgan fingerprint density at radius 2 is 1.68 bits per heavy atom. The van der Waals surface area contributed by atoms with Gasteiger partial charge < -0.3 is 0 Å². The average molecular weight is 383 g/mol. The summed E-state index contributed by atoms with van der Waals surface area (Å²) in [6, 6.07) is 1.95. The fourth-order valence-corrected chi connectivity index (χ4v) is 4.72. The third-order valence-electron chi connectivity index (χ3n) is 4.88. The first kappa shape index (κ1) is 18.4. The zero-order chi connectivity index (χ0) is 18.2. The first-order valence-electron chi connectivity index (χ1n) is 8.23. The van der Waals surface area contributed by atoms with Crippen molar-refractivity contribution in [2.45, 2.75) is 37.0 Å². The van der Waals surface area contributed by atoms with E-state index in [4.69, 9.17) is 17.4 Å². The third kappa shape index (κ3) is 3.88. The molecule has 0 bridgehead atoms. The standard InChI is InChI=1S/C18H19F2NO2S2/c19-15-8-13(9-16(20)18(15)25(21,22)23)12-6-7-14(17(24)10-12)11-4-2-1-3-5-11/h6-11,14H,1-5H2,(H2,21,22,23). The number of allylic oxidation sites excluding steroid dienone is 4. The Morgan fingerprint density at radius 1 is 1.08 bits per heavy atom. The Bertz CT molecular complexity index is 846. The first-order chi connectivity index (χ1) is 11.8. The lowest BCUT2D eigenvalue weighted by atomic mass is 9.76. The van der Waals surface area contributed by atoms with E-state index in [-0.39, 0.29) is 11.5 Å². The van der Waals surface area contributed by atoms with Crippen LogP contribution in [0.5, 0.6) is 0 Å². The number of hydrogen-bond donors (Lipinski definition) is 1. The number of rotatable bonds is 3. The summed E-state index contributed by atoms with van der Waals surface area (Å²) in [4.78, 5) is -0.361. The minimum Gasteiger partial charge on any atom is -0.224 e. The number of nitrogens with two attached hydrogens (primary N) is 1. The number of primary sulfonamides is 1. The second-order valence-electron chi connectivity index (χ2n) is 6.60. The summed E-state index contributed by atoms with van der Waals surface area (Å²) in [5.74, 6) is -1.70. The van der Waals surface area contributed by atoms with Crippen LogP contribution in [0.25, 0.3) is 5.57 Å². The molecule has 0 amide bonds. The molecule has 2 aliphatic rings. The van der Waals surface area contributed by atoms with Crippen molar-refractivity contribution in [2.24, 2.45) is 17.0 Å². The normalized spacial score (nSPS) is 22.1. The van der Waals surface area contributed by atoms with Crippen molar-refractivity contribution < 1.29 is 17.2 Å².